The van der Waals surface area contributed by atoms with E-state index in [-0.39, 0.29) is 86.4 Å². The molecule has 0 radical (unpaired) electrons. The van der Waals surface area contributed by atoms with Crippen molar-refractivity contribution in [2.24, 2.45) is 0 Å². The van der Waals surface area contributed by atoms with Crippen LogP contribution in [0.25, 0.3) is 0 Å². The number of rotatable bonds is 54. The van der Waals surface area contributed by atoms with Crippen LogP contribution in [0, 0.1) is 0 Å². The molecule has 2 aromatic rings. The van der Waals surface area contributed by atoms with Gasteiger partial charge in [0.15, 0.2) is 0 Å². The van der Waals surface area contributed by atoms with Gasteiger partial charge in [0.25, 0.3) is 0 Å². The van der Waals surface area contributed by atoms with E-state index in [2.05, 4.69) is 76.3 Å². The molecule has 0 amide bonds. The minimum atomic E-state index is -4.81. The smallest absolute Gasteiger partial charge is 0.744 e. The summed E-state index contributed by atoms with van der Waals surface area (Å²) in [4.78, 5) is 49.9. The molecule has 0 fully saturated rings. The van der Waals surface area contributed by atoms with Crippen molar-refractivity contribution >= 4 is 81.9 Å². The third-order valence-electron chi connectivity index (χ3n) is 15.0. The molecule has 0 atom stereocenters. The Balaban J connectivity index is 0.00000172. The van der Waals surface area contributed by atoms with Gasteiger partial charge in [0, 0.05) is 0 Å². The van der Waals surface area contributed by atoms with Gasteiger partial charge in [0.2, 0.25) is 0 Å². The largest absolute Gasteiger partial charge is 2.00 e. The average molecular weight is 1310 g/mol. The van der Waals surface area contributed by atoms with E-state index in [4.69, 9.17) is 18.9 Å². The molecule has 89 heavy (non-hydrogen) atoms. The van der Waals surface area contributed by atoms with Gasteiger partial charge in [-0.2, -0.15) is 0 Å². The van der Waals surface area contributed by atoms with Crippen LogP contribution in [0.5, 0.6) is 0 Å². The van der Waals surface area contributed by atoms with Gasteiger partial charge in [0.1, 0.15) is 20.2 Å². The molecule has 0 aliphatic carbocycles. The summed E-state index contributed by atoms with van der Waals surface area (Å²) in [6.45, 7) is 9.51. The van der Waals surface area contributed by atoms with Crippen LogP contribution in [0.3, 0.4) is 0 Å². The van der Waals surface area contributed by atoms with Crippen molar-refractivity contribution in [1.82, 2.24) is 0 Å². The van der Waals surface area contributed by atoms with Crippen LogP contribution in [0.2, 0.25) is 0 Å². The number of allylic oxidation sites excluding steroid dienone is 8. The van der Waals surface area contributed by atoms with E-state index >= 15 is 0 Å². The summed E-state index contributed by atoms with van der Waals surface area (Å²) in [6, 6.07) is 6.17. The molecule has 0 bridgehead atoms. The van der Waals surface area contributed by atoms with E-state index < -0.39 is 53.9 Å². The number of unbranched alkanes of at least 4 members (excludes halogenated alkanes) is 32. The van der Waals surface area contributed by atoms with Crippen LogP contribution in [-0.4, -0.2) is 114 Å². The second-order valence-electron chi connectivity index (χ2n) is 23.0. The Bertz CT molecular complexity index is 2330. The van der Waals surface area contributed by atoms with E-state index in [9.17, 15) is 45.1 Å². The first-order valence-electron chi connectivity index (χ1n) is 34.1. The molecular formula is C72H114CaO14S2. The minimum Gasteiger partial charge on any atom is -0.744 e. The summed E-state index contributed by atoms with van der Waals surface area (Å²) in [6.07, 6.45) is 61.7. The Morgan fingerprint density at radius 1 is 0.303 bits per heavy atom. The maximum absolute atomic E-state index is 12.8. The van der Waals surface area contributed by atoms with Crippen LogP contribution in [0.15, 0.2) is 94.8 Å². The zero-order valence-electron chi connectivity index (χ0n) is 55.4. The molecule has 0 spiro atoms. The fourth-order valence-electron chi connectivity index (χ4n) is 9.59. The molecule has 2 rings (SSSR count). The molecule has 0 unspecified atom stereocenters. The Labute approximate surface area is 569 Å². The SMILES string of the molecule is CCCCC/C=C/CCCCCCCOC(=O)c1ccc(S(=O)(=O)[O-])cc1C(=O)OCCCCCCC/C=C/CCCCC.CCCCC/C=C/CCCCCCCOC(=O)c1ccc(S(=O)(=O)[O-])cc1C(=O)OCCCCCCC/C=C/CCCCC.[Ca+2]. The summed E-state index contributed by atoms with van der Waals surface area (Å²) < 4.78 is 90.7. The molecule has 0 saturated heterocycles. The second-order valence-corrected chi connectivity index (χ2v) is 25.7. The summed E-state index contributed by atoms with van der Waals surface area (Å²) >= 11 is 0. The van der Waals surface area contributed by atoms with Crippen molar-refractivity contribution in [2.45, 2.75) is 294 Å². The Kier molecular flexibility index (Phi) is 55.8. The van der Waals surface area contributed by atoms with Gasteiger partial charge in [0.05, 0.1) is 58.5 Å². The molecule has 0 aliphatic rings. The van der Waals surface area contributed by atoms with E-state index in [1.807, 2.05) is 0 Å². The van der Waals surface area contributed by atoms with E-state index in [0.29, 0.717) is 25.7 Å². The van der Waals surface area contributed by atoms with Crippen LogP contribution in [0.1, 0.15) is 326 Å². The summed E-state index contributed by atoms with van der Waals surface area (Å²) in [5, 5.41) is 0. The first-order chi connectivity index (χ1) is 42.6. The van der Waals surface area contributed by atoms with Crippen LogP contribution < -0.4 is 0 Å². The van der Waals surface area contributed by atoms with Crippen molar-refractivity contribution in [2.75, 3.05) is 26.4 Å². The summed E-state index contributed by atoms with van der Waals surface area (Å²) in [5.41, 5.74) is -0.729. The normalized spacial score (nSPS) is 11.8. The standard InChI is InChI=1S/2C36H58O7S.Ca/c2*1-3-5-7-9-11-13-15-17-19-21-23-25-29-42-35(37)33-28-27-32(44(39,40)41)31-34(33)36(38)43-30-26-24-22-20-18-16-14-12-10-8-6-4-2;/h2*11-14,27-28,31H,3-10,15-26,29-30H2,1-2H3,(H,39,40,41);/q;;+2/p-2/b2*13-11+,14-12+;. The van der Waals surface area contributed by atoms with E-state index in [1.54, 1.807) is 0 Å². The van der Waals surface area contributed by atoms with E-state index in [0.717, 1.165) is 190 Å². The summed E-state index contributed by atoms with van der Waals surface area (Å²) in [5.74, 6) is -3.15. The number of ether oxygens (including phenoxy) is 4. The predicted octanol–water partition coefficient (Wildman–Crippen LogP) is 19.3. The molecule has 0 N–H and O–H groups in total. The summed E-state index contributed by atoms with van der Waals surface area (Å²) in [7, 11) is -9.62. The molecule has 0 aliphatic heterocycles. The fraction of sp³-hybridized carbons (Fsp3) is 0.667. The molecule has 17 heteroatoms. The zero-order valence-corrected chi connectivity index (χ0v) is 59.3. The first-order valence-corrected chi connectivity index (χ1v) is 36.9. The van der Waals surface area contributed by atoms with Crippen LogP contribution in [-0.2, 0) is 39.2 Å². The molecule has 500 valence electrons. The van der Waals surface area contributed by atoms with E-state index in [1.165, 1.54) is 77.0 Å². The van der Waals surface area contributed by atoms with Gasteiger partial charge in [-0.05, 0) is 165 Å². The number of carbonyl (C=O) groups is 4. The number of hydrogen-bond acceptors (Lipinski definition) is 14. The van der Waals surface area contributed by atoms with Gasteiger partial charge >= 0.3 is 61.6 Å². The van der Waals surface area contributed by atoms with Crippen molar-refractivity contribution in [3.05, 3.63) is 107 Å². The van der Waals surface area contributed by atoms with Crippen molar-refractivity contribution < 1.29 is 64.1 Å². The average Bonchev–Trinajstić information content (AvgIpc) is 3.12. The molecule has 0 saturated carbocycles. The monoisotopic (exact) mass is 1310 g/mol. The Hall–Kier alpha value is -3.64. The number of hydrogen-bond donors (Lipinski definition) is 0. The van der Waals surface area contributed by atoms with Crippen molar-refractivity contribution in [3.63, 3.8) is 0 Å². The quantitative estimate of drug-likeness (QED) is 0.0150. The number of carbonyl (C=O) groups excluding carboxylic acids is 4. The maximum atomic E-state index is 12.8. The van der Waals surface area contributed by atoms with Crippen LogP contribution in [0.4, 0.5) is 0 Å². The molecule has 2 aromatic carbocycles. The Morgan fingerprint density at radius 2 is 0.494 bits per heavy atom. The topological polar surface area (TPSA) is 220 Å². The van der Waals surface area contributed by atoms with Crippen molar-refractivity contribution in [1.29, 1.82) is 0 Å². The molecular weight excluding hydrogens is 1190 g/mol. The molecule has 14 nitrogen and oxygen atoms in total. The Morgan fingerprint density at radius 3 is 0.708 bits per heavy atom. The third kappa shape index (κ3) is 47.0. The third-order valence-corrected chi connectivity index (χ3v) is 16.7. The molecule has 0 aromatic heterocycles. The minimum absolute atomic E-state index is 0. The second kappa shape index (κ2) is 58.2. The van der Waals surface area contributed by atoms with Crippen LogP contribution >= 0.6 is 0 Å². The first kappa shape index (κ1) is 85.4. The van der Waals surface area contributed by atoms with Gasteiger partial charge in [-0.25, -0.2) is 36.0 Å². The van der Waals surface area contributed by atoms with Gasteiger partial charge in [-0.3, -0.25) is 0 Å². The number of benzene rings is 2. The maximum Gasteiger partial charge on any atom is 2.00 e. The predicted molar refractivity (Wildman–Crippen MR) is 360 cm³/mol. The van der Waals surface area contributed by atoms with Gasteiger partial charge in [-0.1, -0.05) is 205 Å². The fourth-order valence-corrected chi connectivity index (χ4v) is 10.6. The van der Waals surface area contributed by atoms with Gasteiger partial charge in [-0.15, -0.1) is 0 Å². The van der Waals surface area contributed by atoms with Crippen molar-refractivity contribution in [3.8, 4) is 0 Å². The number of esters is 4. The van der Waals surface area contributed by atoms with Gasteiger partial charge < -0.3 is 28.1 Å². The molecule has 0 heterocycles. The zero-order chi connectivity index (χ0) is 64.6.